The third-order valence-corrected chi connectivity index (χ3v) is 4.59. The van der Waals surface area contributed by atoms with Gasteiger partial charge >= 0.3 is 0 Å². The Labute approximate surface area is 138 Å². The Kier molecular flexibility index (Phi) is 7.13. The van der Waals surface area contributed by atoms with Crippen LogP contribution < -0.4 is 0 Å². The van der Waals surface area contributed by atoms with Gasteiger partial charge < -0.3 is 15.3 Å². The molecule has 1 radical (unpaired) electrons. The Morgan fingerprint density at radius 1 is 1.53 bits per heavy atom. The number of carbonyl (C=O) groups excluding carboxylic acids is 1. The van der Waals surface area contributed by atoms with E-state index >= 15 is 0 Å². The maximum absolute atomic E-state index is 11.1. The molecule has 1 fully saturated rings. The van der Waals surface area contributed by atoms with Crippen LogP contribution in [0.15, 0.2) is 0 Å². The fourth-order valence-electron chi connectivity index (χ4n) is 2.43. The molecule has 97 valence electrons. The zero-order valence-corrected chi connectivity index (χ0v) is 15.3. The van der Waals surface area contributed by atoms with E-state index in [1.165, 1.54) is 0 Å². The third-order valence-electron chi connectivity index (χ3n) is 4.59. The Morgan fingerprint density at radius 2 is 2.06 bits per heavy atom. The summed E-state index contributed by atoms with van der Waals surface area (Å²) in [5, 5.41) is 0. The molecule has 1 saturated heterocycles. The molecule has 17 heavy (non-hydrogen) atoms. The van der Waals surface area contributed by atoms with Gasteiger partial charge in [-0.2, -0.15) is 0 Å². The van der Waals surface area contributed by atoms with Crippen molar-refractivity contribution >= 4 is 5.91 Å². The quantitative estimate of drug-likeness (QED) is 0.766. The molecule has 0 aliphatic carbocycles. The standard InChI is InChI=1S/C13H25NO2.Pr/c1-6-13(4,5)9(3)11-8(2)10(7-16-11)12(14)15;/h8-11H,6-7H2,1-5H3,(H2,14,15);/p-1/t8-,9?,10+,11?;/m0./s1. The minimum absolute atomic E-state index is 0. The second kappa shape index (κ2) is 6.81. The maximum Gasteiger partial charge on any atom is 0.0638 e. The van der Waals surface area contributed by atoms with Crippen LogP contribution in [0.1, 0.15) is 41.0 Å². The topological polar surface area (TPSA) is 50.1 Å². The van der Waals surface area contributed by atoms with Crippen molar-refractivity contribution in [3.63, 3.8) is 0 Å². The first-order valence-corrected chi connectivity index (χ1v) is 6.18. The molecule has 2 unspecified atom stereocenters. The normalized spacial score (nSPS) is 30.8. The van der Waals surface area contributed by atoms with Gasteiger partial charge in [-0.1, -0.05) is 41.0 Å². The molecule has 1 N–H and O–H groups in total. The third kappa shape index (κ3) is 3.88. The molecular formula is C13H24NO2Pr-. The second-order valence-corrected chi connectivity index (χ2v) is 5.76. The molecule has 1 rings (SSSR count). The molecule has 4 heteroatoms. The van der Waals surface area contributed by atoms with E-state index in [-0.39, 0.29) is 64.6 Å². The van der Waals surface area contributed by atoms with Gasteiger partial charge in [-0.15, -0.1) is 0 Å². The summed E-state index contributed by atoms with van der Waals surface area (Å²) in [7, 11) is 0. The van der Waals surface area contributed by atoms with E-state index in [2.05, 4.69) is 27.7 Å². The maximum atomic E-state index is 11.1. The van der Waals surface area contributed by atoms with E-state index in [0.29, 0.717) is 12.5 Å². The average Bonchev–Trinajstić information content (AvgIpc) is 2.59. The molecule has 3 nitrogen and oxygen atoms in total. The first kappa shape index (κ1) is 17.8. The van der Waals surface area contributed by atoms with Gasteiger partial charge in [-0.05, 0) is 17.3 Å². The molecule has 1 aliphatic rings. The van der Waals surface area contributed by atoms with Crippen molar-refractivity contribution in [1.82, 2.24) is 0 Å². The molecule has 0 bridgehead atoms. The second-order valence-electron chi connectivity index (χ2n) is 5.76. The van der Waals surface area contributed by atoms with Crippen molar-refractivity contribution in [3.05, 3.63) is 5.73 Å². The van der Waals surface area contributed by atoms with Crippen LogP contribution in [-0.2, 0) is 9.53 Å². The molecule has 1 heterocycles. The Hall–Kier alpha value is 0.794. The number of amides is 1. The van der Waals surface area contributed by atoms with Crippen LogP contribution in [0, 0.1) is 64.5 Å². The smallest absolute Gasteiger partial charge is 0.0638 e. The molecule has 0 aromatic heterocycles. The Bertz CT molecular complexity index is 268. The van der Waals surface area contributed by atoms with Crippen molar-refractivity contribution in [2.75, 3.05) is 6.61 Å². The van der Waals surface area contributed by atoms with Gasteiger partial charge in [-0.25, -0.2) is 0 Å². The predicted molar refractivity (Wildman–Crippen MR) is 65.0 cm³/mol. The van der Waals surface area contributed by atoms with E-state index in [1.54, 1.807) is 0 Å². The minimum Gasteiger partial charge on any atom is -0.667 e. The molecule has 0 aromatic rings. The largest absolute Gasteiger partial charge is 0.667 e. The summed E-state index contributed by atoms with van der Waals surface area (Å²) in [4.78, 5) is 11.1. The molecule has 0 spiro atoms. The van der Waals surface area contributed by atoms with Crippen molar-refractivity contribution in [2.45, 2.75) is 47.1 Å². The average molecular weight is 367 g/mol. The van der Waals surface area contributed by atoms with Gasteiger partial charge in [0.1, 0.15) is 0 Å². The van der Waals surface area contributed by atoms with E-state index < -0.39 is 5.91 Å². The molecule has 1 amide bonds. The first-order chi connectivity index (χ1) is 7.31. The number of carbonyl (C=O) groups is 1. The van der Waals surface area contributed by atoms with Gasteiger partial charge in [0.2, 0.25) is 0 Å². The van der Waals surface area contributed by atoms with Crippen LogP contribution in [0.3, 0.4) is 0 Å². The van der Waals surface area contributed by atoms with Crippen molar-refractivity contribution in [1.29, 1.82) is 0 Å². The predicted octanol–water partition coefficient (Wildman–Crippen LogP) is 3.29. The number of hydrogen-bond donors (Lipinski definition) is 0. The van der Waals surface area contributed by atoms with E-state index in [0.717, 1.165) is 6.42 Å². The van der Waals surface area contributed by atoms with E-state index in [1.807, 2.05) is 6.92 Å². The van der Waals surface area contributed by atoms with E-state index in [9.17, 15) is 4.79 Å². The fraction of sp³-hybridized carbons (Fsp3) is 0.923. The zero-order valence-electron chi connectivity index (χ0n) is 11.6. The molecule has 0 aromatic carbocycles. The molecular weight excluding hydrogens is 343 g/mol. The number of hydrogen-bond acceptors (Lipinski definition) is 2. The summed E-state index contributed by atoms with van der Waals surface area (Å²) in [5.41, 5.74) is 7.44. The Morgan fingerprint density at radius 3 is 2.41 bits per heavy atom. The summed E-state index contributed by atoms with van der Waals surface area (Å²) < 4.78 is 5.75. The molecule has 1 aliphatic heterocycles. The van der Waals surface area contributed by atoms with Gasteiger partial charge in [0.05, 0.1) is 18.6 Å². The summed E-state index contributed by atoms with van der Waals surface area (Å²) in [6.45, 7) is 11.3. The van der Waals surface area contributed by atoms with E-state index in [4.69, 9.17) is 10.5 Å². The van der Waals surface area contributed by atoms with Crippen LogP contribution in [0.25, 0.3) is 5.73 Å². The van der Waals surface area contributed by atoms with Crippen molar-refractivity contribution in [2.24, 2.45) is 23.2 Å². The van der Waals surface area contributed by atoms with Crippen molar-refractivity contribution < 1.29 is 50.8 Å². The number of nitrogens with one attached hydrogen (secondary N) is 1. The van der Waals surface area contributed by atoms with Gasteiger partial charge in [0.15, 0.2) is 0 Å². The summed E-state index contributed by atoms with van der Waals surface area (Å²) in [6, 6.07) is 0. The van der Waals surface area contributed by atoms with Crippen LogP contribution in [0.2, 0.25) is 0 Å². The van der Waals surface area contributed by atoms with Gasteiger partial charge in [-0.3, -0.25) is 0 Å². The van der Waals surface area contributed by atoms with Crippen LogP contribution in [0.4, 0.5) is 0 Å². The minimum atomic E-state index is -0.475. The van der Waals surface area contributed by atoms with Gasteiger partial charge in [0, 0.05) is 47.2 Å². The summed E-state index contributed by atoms with van der Waals surface area (Å²) in [5.74, 6) is -0.112. The summed E-state index contributed by atoms with van der Waals surface area (Å²) >= 11 is 0. The number of ether oxygens (including phenoxy) is 1. The first-order valence-electron chi connectivity index (χ1n) is 6.18. The van der Waals surface area contributed by atoms with Crippen molar-refractivity contribution in [3.8, 4) is 0 Å². The summed E-state index contributed by atoms with van der Waals surface area (Å²) in [6.07, 6.45) is 1.22. The fourth-order valence-corrected chi connectivity index (χ4v) is 2.43. The van der Waals surface area contributed by atoms with Gasteiger partial charge in [0.25, 0.3) is 0 Å². The molecule has 4 atom stereocenters. The van der Waals surface area contributed by atoms with Crippen LogP contribution in [0.5, 0.6) is 0 Å². The zero-order chi connectivity index (χ0) is 12.5. The molecule has 0 saturated carbocycles. The van der Waals surface area contributed by atoms with Crippen LogP contribution in [-0.4, -0.2) is 18.6 Å². The Balaban J connectivity index is 0.00000256. The van der Waals surface area contributed by atoms with Crippen LogP contribution >= 0.6 is 0 Å². The SMILES string of the molecule is CCC(C)(C)C(C)C1OC[C@@H](C([NH-])=O)[C@@H]1C.[Pr]. The monoisotopic (exact) mass is 367 g/mol. The number of rotatable bonds is 4.